The standard InChI is InChI=1S/C8H10N2O2/c1-12-8(11)6-10-7-3-2-4-9-5-7/h2-5,10H,6H2,1H3. The summed E-state index contributed by atoms with van der Waals surface area (Å²) in [6.45, 7) is 0.169. The van der Waals surface area contributed by atoms with Crippen molar-refractivity contribution >= 4 is 11.7 Å². The molecule has 0 amide bonds. The van der Waals surface area contributed by atoms with Crippen LogP contribution in [0.4, 0.5) is 5.69 Å². The summed E-state index contributed by atoms with van der Waals surface area (Å²) in [5.41, 5.74) is 0.808. The molecule has 1 rings (SSSR count). The zero-order chi connectivity index (χ0) is 8.81. The van der Waals surface area contributed by atoms with Gasteiger partial charge in [-0.2, -0.15) is 0 Å². The van der Waals surface area contributed by atoms with Crippen molar-refractivity contribution < 1.29 is 9.53 Å². The molecular weight excluding hydrogens is 156 g/mol. The molecule has 1 N–H and O–H groups in total. The van der Waals surface area contributed by atoms with Gasteiger partial charge in [-0.3, -0.25) is 9.78 Å². The third-order valence-electron chi connectivity index (χ3n) is 1.33. The van der Waals surface area contributed by atoms with Crippen LogP contribution in [0.1, 0.15) is 0 Å². The number of carbonyl (C=O) groups excluding carboxylic acids is 1. The molecule has 0 unspecified atom stereocenters. The van der Waals surface area contributed by atoms with Gasteiger partial charge in [0.25, 0.3) is 0 Å². The maximum Gasteiger partial charge on any atom is 0.325 e. The van der Waals surface area contributed by atoms with E-state index in [-0.39, 0.29) is 12.5 Å². The first-order valence-corrected chi connectivity index (χ1v) is 3.53. The molecule has 1 aromatic rings. The number of hydrogen-bond donors (Lipinski definition) is 1. The second kappa shape index (κ2) is 4.33. The number of esters is 1. The minimum absolute atomic E-state index is 0.169. The number of rotatable bonds is 3. The van der Waals surface area contributed by atoms with E-state index in [9.17, 15) is 4.79 Å². The third kappa shape index (κ3) is 2.57. The quantitative estimate of drug-likeness (QED) is 0.670. The number of ether oxygens (including phenoxy) is 1. The van der Waals surface area contributed by atoms with Gasteiger partial charge < -0.3 is 10.1 Å². The number of aromatic nitrogens is 1. The highest BCUT2D eigenvalue weighted by Crippen LogP contribution is 2.00. The fraction of sp³-hybridized carbons (Fsp3) is 0.250. The van der Waals surface area contributed by atoms with E-state index in [2.05, 4.69) is 15.0 Å². The summed E-state index contributed by atoms with van der Waals surface area (Å²) in [5, 5.41) is 2.86. The van der Waals surface area contributed by atoms with Crippen LogP contribution in [0.25, 0.3) is 0 Å². The topological polar surface area (TPSA) is 51.2 Å². The fourth-order valence-corrected chi connectivity index (χ4v) is 0.714. The molecule has 1 aromatic heterocycles. The maximum absolute atomic E-state index is 10.7. The van der Waals surface area contributed by atoms with Crippen LogP contribution in [0.3, 0.4) is 0 Å². The molecule has 4 nitrogen and oxygen atoms in total. The van der Waals surface area contributed by atoms with E-state index < -0.39 is 0 Å². The van der Waals surface area contributed by atoms with E-state index in [4.69, 9.17) is 0 Å². The normalized spacial score (nSPS) is 9.08. The summed E-state index contributed by atoms with van der Waals surface area (Å²) < 4.78 is 4.45. The third-order valence-corrected chi connectivity index (χ3v) is 1.33. The number of nitrogens with one attached hydrogen (secondary N) is 1. The summed E-state index contributed by atoms with van der Waals surface area (Å²) in [6.07, 6.45) is 3.31. The second-order valence-electron chi connectivity index (χ2n) is 2.17. The van der Waals surface area contributed by atoms with Crippen molar-refractivity contribution in [2.45, 2.75) is 0 Å². The molecule has 0 saturated carbocycles. The highest BCUT2D eigenvalue weighted by atomic mass is 16.5. The van der Waals surface area contributed by atoms with Crippen molar-refractivity contribution in [1.29, 1.82) is 0 Å². The van der Waals surface area contributed by atoms with E-state index in [0.717, 1.165) is 5.69 Å². The maximum atomic E-state index is 10.7. The Bertz CT molecular complexity index is 248. The van der Waals surface area contributed by atoms with Gasteiger partial charge >= 0.3 is 5.97 Å². The number of nitrogens with zero attached hydrogens (tertiary/aromatic N) is 1. The van der Waals surface area contributed by atoms with Gasteiger partial charge in [-0.15, -0.1) is 0 Å². The van der Waals surface area contributed by atoms with Crippen LogP contribution >= 0.6 is 0 Å². The summed E-state index contributed by atoms with van der Waals surface area (Å²) in [5.74, 6) is -0.293. The molecule has 0 aliphatic heterocycles. The van der Waals surface area contributed by atoms with Gasteiger partial charge in [0.2, 0.25) is 0 Å². The summed E-state index contributed by atoms with van der Waals surface area (Å²) in [7, 11) is 1.35. The Morgan fingerprint density at radius 2 is 2.58 bits per heavy atom. The molecule has 1 heterocycles. The molecule has 0 atom stereocenters. The van der Waals surface area contributed by atoms with Gasteiger partial charge in [0.1, 0.15) is 6.54 Å². The molecule has 0 spiro atoms. The van der Waals surface area contributed by atoms with Crippen molar-refractivity contribution in [2.24, 2.45) is 0 Å². The van der Waals surface area contributed by atoms with Crippen LogP contribution in [-0.4, -0.2) is 24.6 Å². The summed E-state index contributed by atoms with van der Waals surface area (Å²) >= 11 is 0. The van der Waals surface area contributed by atoms with Crippen LogP contribution in [0, 0.1) is 0 Å². The minimum atomic E-state index is -0.293. The van der Waals surface area contributed by atoms with Crippen LogP contribution < -0.4 is 5.32 Å². The first kappa shape index (κ1) is 8.52. The van der Waals surface area contributed by atoms with Gasteiger partial charge in [0.05, 0.1) is 12.8 Å². The lowest BCUT2D eigenvalue weighted by Crippen LogP contribution is -2.14. The zero-order valence-electron chi connectivity index (χ0n) is 6.78. The number of hydrogen-bond acceptors (Lipinski definition) is 4. The van der Waals surface area contributed by atoms with Crippen LogP contribution in [0.5, 0.6) is 0 Å². The molecule has 0 fully saturated rings. The van der Waals surface area contributed by atoms with Crippen molar-refractivity contribution in [2.75, 3.05) is 19.0 Å². The lowest BCUT2D eigenvalue weighted by atomic mass is 10.4. The first-order valence-electron chi connectivity index (χ1n) is 3.53. The largest absolute Gasteiger partial charge is 0.468 e. The van der Waals surface area contributed by atoms with Gasteiger partial charge in [0.15, 0.2) is 0 Å². The molecule has 0 bridgehead atoms. The van der Waals surface area contributed by atoms with Crippen molar-refractivity contribution in [3.8, 4) is 0 Å². The number of carbonyl (C=O) groups is 1. The monoisotopic (exact) mass is 166 g/mol. The Kier molecular flexibility index (Phi) is 3.07. The highest BCUT2D eigenvalue weighted by molar-refractivity contribution is 5.74. The van der Waals surface area contributed by atoms with Crippen molar-refractivity contribution in [3.63, 3.8) is 0 Å². The lowest BCUT2D eigenvalue weighted by Gasteiger charge is -2.02. The molecule has 0 radical (unpaired) electrons. The van der Waals surface area contributed by atoms with E-state index in [1.54, 1.807) is 18.5 Å². The molecule has 0 aliphatic rings. The molecule has 4 heteroatoms. The fourth-order valence-electron chi connectivity index (χ4n) is 0.714. The molecule has 12 heavy (non-hydrogen) atoms. The SMILES string of the molecule is COC(=O)CNc1cccnc1. The average Bonchev–Trinajstić information content (AvgIpc) is 2.16. The second-order valence-corrected chi connectivity index (χ2v) is 2.17. The summed E-state index contributed by atoms with van der Waals surface area (Å²) in [6, 6.07) is 3.62. The van der Waals surface area contributed by atoms with E-state index in [1.165, 1.54) is 7.11 Å². The lowest BCUT2D eigenvalue weighted by molar-refractivity contribution is -0.138. The predicted molar refractivity (Wildman–Crippen MR) is 44.7 cm³/mol. The number of pyridine rings is 1. The average molecular weight is 166 g/mol. The predicted octanol–water partition coefficient (Wildman–Crippen LogP) is 0.667. The van der Waals surface area contributed by atoms with E-state index in [0.29, 0.717) is 0 Å². The Hall–Kier alpha value is -1.58. The van der Waals surface area contributed by atoms with Gasteiger partial charge in [-0.05, 0) is 12.1 Å². The molecule has 0 aromatic carbocycles. The van der Waals surface area contributed by atoms with E-state index in [1.807, 2.05) is 6.07 Å². The zero-order valence-corrected chi connectivity index (χ0v) is 6.78. The molecule has 0 saturated heterocycles. The molecule has 0 aliphatic carbocycles. The van der Waals surface area contributed by atoms with Crippen LogP contribution in [0.2, 0.25) is 0 Å². The summed E-state index contributed by atoms with van der Waals surface area (Å²) in [4.78, 5) is 14.6. The van der Waals surface area contributed by atoms with E-state index >= 15 is 0 Å². The number of anilines is 1. The Morgan fingerprint density at radius 1 is 1.75 bits per heavy atom. The van der Waals surface area contributed by atoms with Crippen molar-refractivity contribution in [3.05, 3.63) is 24.5 Å². The Balaban J connectivity index is 2.38. The Labute approximate surface area is 70.6 Å². The molecule has 64 valence electrons. The van der Waals surface area contributed by atoms with Gasteiger partial charge in [-0.1, -0.05) is 0 Å². The van der Waals surface area contributed by atoms with Crippen LogP contribution in [0.15, 0.2) is 24.5 Å². The smallest absolute Gasteiger partial charge is 0.325 e. The molecular formula is C8H10N2O2. The number of methoxy groups -OCH3 is 1. The van der Waals surface area contributed by atoms with Gasteiger partial charge in [-0.25, -0.2) is 0 Å². The Morgan fingerprint density at radius 3 is 3.17 bits per heavy atom. The first-order chi connectivity index (χ1) is 5.83. The van der Waals surface area contributed by atoms with Gasteiger partial charge in [0, 0.05) is 12.4 Å². The van der Waals surface area contributed by atoms with Crippen LogP contribution in [-0.2, 0) is 9.53 Å². The highest BCUT2D eigenvalue weighted by Gasteiger charge is 1.97. The van der Waals surface area contributed by atoms with Crippen molar-refractivity contribution in [1.82, 2.24) is 4.98 Å². The minimum Gasteiger partial charge on any atom is -0.468 e.